The van der Waals surface area contributed by atoms with Gasteiger partial charge in [-0.25, -0.2) is 13.4 Å². The predicted molar refractivity (Wildman–Crippen MR) is 120 cm³/mol. The number of aromatic nitrogens is 1. The number of aliphatic hydroxyl groups is 1. The molecule has 9 heteroatoms. The molecule has 31 heavy (non-hydrogen) atoms. The van der Waals surface area contributed by atoms with E-state index in [1.54, 1.807) is 28.5 Å². The number of hydrogen-bond acceptors (Lipinski definition) is 6. The Bertz CT molecular complexity index is 1170. The van der Waals surface area contributed by atoms with Crippen LogP contribution in [0.25, 0.3) is 0 Å². The molecule has 4 rings (SSSR count). The lowest BCUT2D eigenvalue weighted by molar-refractivity contribution is -0.0212. The lowest BCUT2D eigenvalue weighted by atomic mass is 9.84. The van der Waals surface area contributed by atoms with Crippen LogP contribution in [-0.2, 0) is 15.6 Å². The molecule has 3 aromatic rings. The Labute approximate surface area is 185 Å². The first-order chi connectivity index (χ1) is 14.8. The molecule has 2 N–H and O–H groups in total. The third-order valence-corrected chi connectivity index (χ3v) is 7.71. The van der Waals surface area contributed by atoms with Crippen molar-refractivity contribution in [1.82, 2.24) is 9.88 Å². The van der Waals surface area contributed by atoms with E-state index >= 15 is 0 Å². The van der Waals surface area contributed by atoms with Crippen molar-refractivity contribution in [1.29, 1.82) is 0 Å². The van der Waals surface area contributed by atoms with Gasteiger partial charge in [0.15, 0.2) is 5.13 Å². The first-order valence-corrected chi connectivity index (χ1v) is 12.3. The number of thiazole rings is 1. The first kappa shape index (κ1) is 21.5. The van der Waals surface area contributed by atoms with Crippen LogP contribution < -0.4 is 4.72 Å². The average Bonchev–Trinajstić information content (AvgIpc) is 3.22. The molecule has 0 unspecified atom stereocenters. The largest absolute Gasteiger partial charge is 0.385 e. The van der Waals surface area contributed by atoms with Crippen molar-refractivity contribution in [3.8, 4) is 0 Å². The lowest BCUT2D eigenvalue weighted by Crippen LogP contribution is -2.45. The highest BCUT2D eigenvalue weighted by atomic mass is 32.2. The van der Waals surface area contributed by atoms with Gasteiger partial charge in [-0.2, -0.15) is 0 Å². The SMILES string of the molecule is Cc1ccc(C2(O)CCN(C(=O)c3csc(NS(=O)(=O)c4ccccc4)n3)CC2)cc1. The molecule has 1 fully saturated rings. The summed E-state index contributed by atoms with van der Waals surface area (Å²) in [5.41, 5.74) is 1.22. The van der Waals surface area contributed by atoms with Gasteiger partial charge in [0, 0.05) is 18.5 Å². The molecule has 0 bridgehead atoms. The van der Waals surface area contributed by atoms with E-state index in [4.69, 9.17) is 0 Å². The van der Waals surface area contributed by atoms with Crippen LogP contribution in [0.3, 0.4) is 0 Å². The van der Waals surface area contributed by atoms with E-state index in [-0.39, 0.29) is 21.6 Å². The van der Waals surface area contributed by atoms with Crippen LogP contribution in [0.1, 0.15) is 34.5 Å². The number of aryl methyl sites for hydroxylation is 1. The van der Waals surface area contributed by atoms with Crippen molar-refractivity contribution in [3.05, 3.63) is 76.8 Å². The van der Waals surface area contributed by atoms with Gasteiger partial charge in [-0.05, 0) is 37.5 Å². The Hall–Kier alpha value is -2.75. The highest BCUT2D eigenvalue weighted by Gasteiger charge is 2.36. The molecule has 162 valence electrons. The Balaban J connectivity index is 1.41. The second-order valence-corrected chi connectivity index (χ2v) is 10.2. The van der Waals surface area contributed by atoms with Crippen LogP contribution >= 0.6 is 11.3 Å². The molecular formula is C22H23N3O4S2. The summed E-state index contributed by atoms with van der Waals surface area (Å²) in [6, 6.07) is 15.8. The zero-order valence-electron chi connectivity index (χ0n) is 17.0. The topological polar surface area (TPSA) is 99.6 Å². The van der Waals surface area contributed by atoms with Crippen LogP contribution in [-0.4, -0.2) is 42.4 Å². The number of rotatable bonds is 5. The van der Waals surface area contributed by atoms with Gasteiger partial charge in [-0.3, -0.25) is 9.52 Å². The van der Waals surface area contributed by atoms with Crippen LogP contribution in [0.5, 0.6) is 0 Å². The zero-order chi connectivity index (χ0) is 22.1. The number of likely N-dealkylation sites (tertiary alicyclic amines) is 1. The Kier molecular flexibility index (Phi) is 5.83. The molecular weight excluding hydrogens is 434 g/mol. The number of nitrogens with zero attached hydrogens (tertiary/aromatic N) is 2. The van der Waals surface area contributed by atoms with Gasteiger partial charge in [0.1, 0.15) is 5.69 Å². The van der Waals surface area contributed by atoms with Gasteiger partial charge < -0.3 is 10.0 Å². The highest BCUT2D eigenvalue weighted by molar-refractivity contribution is 7.93. The van der Waals surface area contributed by atoms with Gasteiger partial charge in [-0.15, -0.1) is 11.3 Å². The molecule has 1 aliphatic rings. The van der Waals surface area contributed by atoms with E-state index in [9.17, 15) is 18.3 Å². The summed E-state index contributed by atoms with van der Waals surface area (Å²) in [6.07, 6.45) is 0.860. The third kappa shape index (κ3) is 4.63. The van der Waals surface area contributed by atoms with E-state index in [0.717, 1.165) is 22.5 Å². The molecule has 1 amide bonds. The summed E-state index contributed by atoms with van der Waals surface area (Å²) in [5.74, 6) is -0.271. The van der Waals surface area contributed by atoms with Gasteiger partial charge >= 0.3 is 0 Å². The van der Waals surface area contributed by atoms with Crippen LogP contribution in [0.15, 0.2) is 64.9 Å². The molecule has 1 aliphatic heterocycles. The van der Waals surface area contributed by atoms with Crippen LogP contribution in [0.4, 0.5) is 5.13 Å². The Morgan fingerprint density at radius 1 is 1.10 bits per heavy atom. The molecule has 0 atom stereocenters. The summed E-state index contributed by atoms with van der Waals surface area (Å²) >= 11 is 1.06. The highest BCUT2D eigenvalue weighted by Crippen LogP contribution is 2.33. The minimum absolute atomic E-state index is 0.129. The van der Waals surface area contributed by atoms with Crippen molar-refractivity contribution in [2.75, 3.05) is 17.8 Å². The van der Waals surface area contributed by atoms with Crippen molar-refractivity contribution < 1.29 is 18.3 Å². The van der Waals surface area contributed by atoms with Crippen LogP contribution in [0, 0.1) is 6.92 Å². The third-order valence-electron chi connectivity index (χ3n) is 5.47. The smallest absolute Gasteiger partial charge is 0.273 e. The standard InChI is InChI=1S/C22H23N3O4S2/c1-16-7-9-17(10-8-16)22(27)11-13-25(14-12-22)20(26)19-15-30-21(23-19)24-31(28,29)18-5-3-2-4-6-18/h2-10,15,27H,11-14H2,1H3,(H,23,24). The number of anilines is 1. The monoisotopic (exact) mass is 457 g/mol. The van der Waals surface area contributed by atoms with Gasteiger partial charge in [0.05, 0.1) is 10.5 Å². The van der Waals surface area contributed by atoms with E-state index in [1.807, 2.05) is 31.2 Å². The Morgan fingerprint density at radius 3 is 2.39 bits per heavy atom. The van der Waals surface area contributed by atoms with Crippen molar-refractivity contribution >= 4 is 32.4 Å². The summed E-state index contributed by atoms with van der Waals surface area (Å²) in [7, 11) is -3.76. The molecule has 2 heterocycles. The number of hydrogen-bond donors (Lipinski definition) is 2. The van der Waals surface area contributed by atoms with E-state index < -0.39 is 15.6 Å². The summed E-state index contributed by atoms with van der Waals surface area (Å²) in [6.45, 7) is 2.79. The average molecular weight is 458 g/mol. The van der Waals surface area contributed by atoms with E-state index in [0.29, 0.717) is 25.9 Å². The first-order valence-electron chi connectivity index (χ1n) is 9.89. The van der Waals surface area contributed by atoms with Crippen molar-refractivity contribution in [3.63, 3.8) is 0 Å². The summed E-state index contributed by atoms with van der Waals surface area (Å²) < 4.78 is 27.3. The summed E-state index contributed by atoms with van der Waals surface area (Å²) in [5, 5.41) is 12.7. The molecule has 0 aliphatic carbocycles. The molecule has 0 saturated carbocycles. The lowest BCUT2D eigenvalue weighted by Gasteiger charge is -2.38. The summed E-state index contributed by atoms with van der Waals surface area (Å²) in [4.78, 5) is 18.8. The fraction of sp³-hybridized carbons (Fsp3) is 0.273. The maximum atomic E-state index is 12.9. The molecule has 0 radical (unpaired) electrons. The molecule has 0 spiro atoms. The quantitative estimate of drug-likeness (QED) is 0.612. The van der Waals surface area contributed by atoms with Crippen molar-refractivity contribution in [2.24, 2.45) is 0 Å². The second-order valence-electron chi connectivity index (χ2n) is 7.65. The number of piperidine rings is 1. The van der Waals surface area contributed by atoms with E-state index in [2.05, 4.69) is 9.71 Å². The number of amides is 1. The number of sulfonamides is 1. The molecule has 1 saturated heterocycles. The number of nitrogens with one attached hydrogen (secondary N) is 1. The zero-order valence-corrected chi connectivity index (χ0v) is 18.6. The maximum absolute atomic E-state index is 12.9. The van der Waals surface area contributed by atoms with Gasteiger partial charge in [-0.1, -0.05) is 48.0 Å². The number of carbonyl (C=O) groups excluding carboxylic acids is 1. The number of carbonyl (C=O) groups is 1. The van der Waals surface area contributed by atoms with Crippen molar-refractivity contribution in [2.45, 2.75) is 30.3 Å². The molecule has 2 aromatic carbocycles. The van der Waals surface area contributed by atoms with Gasteiger partial charge in [0.25, 0.3) is 15.9 Å². The normalized spacial score (nSPS) is 16.1. The predicted octanol–water partition coefficient (Wildman–Crippen LogP) is 3.38. The molecule has 1 aromatic heterocycles. The fourth-order valence-corrected chi connectivity index (χ4v) is 5.54. The minimum Gasteiger partial charge on any atom is -0.385 e. The maximum Gasteiger partial charge on any atom is 0.273 e. The van der Waals surface area contributed by atoms with Gasteiger partial charge in [0.2, 0.25) is 0 Å². The second kappa shape index (κ2) is 8.41. The Morgan fingerprint density at radius 2 is 1.74 bits per heavy atom. The van der Waals surface area contributed by atoms with E-state index in [1.165, 1.54) is 12.1 Å². The van der Waals surface area contributed by atoms with Crippen LogP contribution in [0.2, 0.25) is 0 Å². The number of benzene rings is 2. The molecule has 7 nitrogen and oxygen atoms in total. The minimum atomic E-state index is -3.76. The fourth-order valence-electron chi connectivity index (χ4n) is 3.59.